The molecule has 0 radical (unpaired) electrons. The van der Waals surface area contributed by atoms with Crippen LogP contribution in [0.3, 0.4) is 0 Å². The van der Waals surface area contributed by atoms with Crippen molar-refractivity contribution in [2.24, 2.45) is 11.3 Å². The van der Waals surface area contributed by atoms with E-state index >= 15 is 0 Å². The minimum atomic E-state index is 0.172. The van der Waals surface area contributed by atoms with Gasteiger partial charge in [0, 0.05) is 31.3 Å². The normalized spacial score (nSPS) is 20.5. The van der Waals surface area contributed by atoms with Gasteiger partial charge in [0.1, 0.15) is 5.82 Å². The molecule has 18 heavy (non-hydrogen) atoms. The molecule has 1 atom stereocenters. The summed E-state index contributed by atoms with van der Waals surface area (Å²) in [5, 5.41) is 0. The second-order valence-corrected chi connectivity index (χ2v) is 6.09. The number of hydrogen-bond donors (Lipinski definition) is 1. The van der Waals surface area contributed by atoms with Gasteiger partial charge in [-0.05, 0) is 17.4 Å². The molecular formula is C14H21N3O. The van der Waals surface area contributed by atoms with Crippen LogP contribution in [0.5, 0.6) is 0 Å². The van der Waals surface area contributed by atoms with E-state index in [1.54, 1.807) is 6.20 Å². The lowest BCUT2D eigenvalue weighted by molar-refractivity contribution is -0.128. The summed E-state index contributed by atoms with van der Waals surface area (Å²) in [6, 6.07) is 3.79. The molecule has 1 aromatic heterocycles. The number of carbonyl (C=O) groups excluding carboxylic acids is 1. The van der Waals surface area contributed by atoms with E-state index in [0.717, 1.165) is 12.1 Å². The predicted octanol–water partition coefficient (Wildman–Crippen LogP) is 2.06. The summed E-state index contributed by atoms with van der Waals surface area (Å²) >= 11 is 0. The van der Waals surface area contributed by atoms with Crippen molar-refractivity contribution < 1.29 is 4.79 Å². The number of amides is 1. The second-order valence-electron chi connectivity index (χ2n) is 6.09. The summed E-state index contributed by atoms with van der Waals surface area (Å²) in [7, 11) is 0. The Hall–Kier alpha value is -1.58. The third-order valence-electron chi connectivity index (χ3n) is 3.73. The Balaban J connectivity index is 2.08. The van der Waals surface area contributed by atoms with Crippen LogP contribution in [0.4, 0.5) is 5.82 Å². The molecule has 1 aromatic rings. The van der Waals surface area contributed by atoms with Gasteiger partial charge < -0.3 is 10.6 Å². The van der Waals surface area contributed by atoms with Crippen LogP contribution in [0.2, 0.25) is 0 Å². The van der Waals surface area contributed by atoms with Crippen molar-refractivity contribution in [2.45, 2.75) is 33.7 Å². The second kappa shape index (κ2) is 4.59. The Morgan fingerprint density at radius 2 is 2.22 bits per heavy atom. The summed E-state index contributed by atoms with van der Waals surface area (Å²) < 4.78 is 0. The fourth-order valence-electron chi connectivity index (χ4n) is 2.30. The minimum absolute atomic E-state index is 0.172. The molecule has 1 aliphatic rings. The van der Waals surface area contributed by atoms with Crippen LogP contribution in [0.25, 0.3) is 0 Å². The molecule has 98 valence electrons. The number of pyridine rings is 1. The third-order valence-corrected chi connectivity index (χ3v) is 3.73. The number of likely N-dealkylation sites (tertiary alicyclic amines) is 1. The molecule has 0 spiro atoms. The van der Waals surface area contributed by atoms with E-state index in [-0.39, 0.29) is 11.3 Å². The van der Waals surface area contributed by atoms with Gasteiger partial charge in [0.2, 0.25) is 5.91 Å². The van der Waals surface area contributed by atoms with Gasteiger partial charge in [0.25, 0.3) is 0 Å². The van der Waals surface area contributed by atoms with E-state index in [4.69, 9.17) is 5.73 Å². The van der Waals surface area contributed by atoms with Crippen molar-refractivity contribution >= 4 is 11.7 Å². The molecule has 2 rings (SSSR count). The average Bonchev–Trinajstić information content (AvgIpc) is 2.63. The monoisotopic (exact) mass is 247 g/mol. The van der Waals surface area contributed by atoms with Crippen molar-refractivity contribution in [3.63, 3.8) is 0 Å². The van der Waals surface area contributed by atoms with Crippen LogP contribution in [0.1, 0.15) is 32.8 Å². The van der Waals surface area contributed by atoms with Gasteiger partial charge in [0.05, 0.1) is 0 Å². The Kier molecular flexibility index (Phi) is 3.28. The smallest absolute Gasteiger partial charge is 0.223 e. The topological polar surface area (TPSA) is 59.2 Å². The minimum Gasteiger partial charge on any atom is -0.383 e. The van der Waals surface area contributed by atoms with E-state index in [2.05, 4.69) is 25.8 Å². The molecule has 1 saturated heterocycles. The van der Waals surface area contributed by atoms with Gasteiger partial charge in [-0.15, -0.1) is 0 Å². The molecule has 4 nitrogen and oxygen atoms in total. The molecule has 2 N–H and O–H groups in total. The van der Waals surface area contributed by atoms with E-state index < -0.39 is 0 Å². The summed E-state index contributed by atoms with van der Waals surface area (Å²) in [6.07, 6.45) is 2.31. The molecule has 0 aliphatic carbocycles. The fraction of sp³-hybridized carbons (Fsp3) is 0.571. The Bertz CT molecular complexity index is 451. The first-order valence-corrected chi connectivity index (χ1v) is 6.35. The molecular weight excluding hydrogens is 226 g/mol. The van der Waals surface area contributed by atoms with Gasteiger partial charge in [0.15, 0.2) is 0 Å². The highest BCUT2D eigenvalue weighted by Crippen LogP contribution is 2.34. The lowest BCUT2D eigenvalue weighted by Crippen LogP contribution is -2.27. The molecule has 1 fully saturated rings. The Morgan fingerprint density at radius 1 is 1.50 bits per heavy atom. The molecule has 0 bridgehead atoms. The van der Waals surface area contributed by atoms with Crippen molar-refractivity contribution in [2.75, 3.05) is 12.3 Å². The van der Waals surface area contributed by atoms with E-state index in [9.17, 15) is 4.79 Å². The van der Waals surface area contributed by atoms with Crippen LogP contribution in [-0.4, -0.2) is 22.3 Å². The van der Waals surface area contributed by atoms with Crippen LogP contribution < -0.4 is 5.73 Å². The van der Waals surface area contributed by atoms with Gasteiger partial charge in [-0.2, -0.15) is 0 Å². The van der Waals surface area contributed by atoms with Gasteiger partial charge >= 0.3 is 0 Å². The molecule has 1 aliphatic heterocycles. The molecule has 1 unspecified atom stereocenters. The number of nitrogens with zero attached hydrogens (tertiary/aromatic N) is 2. The number of carbonyl (C=O) groups is 1. The van der Waals surface area contributed by atoms with E-state index in [1.807, 2.05) is 17.0 Å². The largest absolute Gasteiger partial charge is 0.383 e. The zero-order chi connectivity index (χ0) is 13.3. The zero-order valence-corrected chi connectivity index (χ0v) is 11.3. The maximum Gasteiger partial charge on any atom is 0.223 e. The highest BCUT2D eigenvalue weighted by atomic mass is 16.2. The summed E-state index contributed by atoms with van der Waals surface area (Å²) in [5.74, 6) is 1.16. The van der Waals surface area contributed by atoms with Crippen LogP contribution in [-0.2, 0) is 11.3 Å². The maximum atomic E-state index is 12.0. The third kappa shape index (κ3) is 2.63. The average molecular weight is 247 g/mol. The molecule has 0 aromatic carbocycles. The molecule has 1 amide bonds. The van der Waals surface area contributed by atoms with Gasteiger partial charge in [-0.3, -0.25) is 4.79 Å². The summed E-state index contributed by atoms with van der Waals surface area (Å²) in [5.41, 5.74) is 6.92. The molecule has 2 heterocycles. The first-order chi connectivity index (χ1) is 8.38. The Morgan fingerprint density at radius 3 is 2.78 bits per heavy atom. The van der Waals surface area contributed by atoms with E-state index in [0.29, 0.717) is 24.7 Å². The number of hydrogen-bond acceptors (Lipinski definition) is 3. The number of anilines is 1. The number of nitrogens with two attached hydrogens (primary N) is 1. The highest BCUT2D eigenvalue weighted by molar-refractivity contribution is 5.78. The first kappa shape index (κ1) is 12.9. The number of nitrogen functional groups attached to an aromatic ring is 1. The predicted molar refractivity (Wildman–Crippen MR) is 71.6 cm³/mol. The highest BCUT2D eigenvalue weighted by Gasteiger charge is 2.36. The Labute approximate surface area is 108 Å². The number of aromatic nitrogens is 1. The fourth-order valence-corrected chi connectivity index (χ4v) is 2.30. The first-order valence-electron chi connectivity index (χ1n) is 6.35. The van der Waals surface area contributed by atoms with Crippen molar-refractivity contribution in [3.05, 3.63) is 23.9 Å². The van der Waals surface area contributed by atoms with Crippen LogP contribution >= 0.6 is 0 Å². The standard InChI is InChI=1S/C14H21N3O/c1-14(2,3)11-7-12(18)17(9-11)8-10-5-4-6-16-13(10)15/h4-6,11H,7-9H2,1-3H3,(H2,15,16). The lowest BCUT2D eigenvalue weighted by atomic mass is 9.80. The van der Waals surface area contributed by atoms with Crippen molar-refractivity contribution in [1.82, 2.24) is 9.88 Å². The van der Waals surface area contributed by atoms with Crippen LogP contribution in [0, 0.1) is 11.3 Å². The quantitative estimate of drug-likeness (QED) is 0.870. The van der Waals surface area contributed by atoms with Gasteiger partial charge in [-0.25, -0.2) is 4.98 Å². The van der Waals surface area contributed by atoms with Crippen molar-refractivity contribution in [3.8, 4) is 0 Å². The van der Waals surface area contributed by atoms with Crippen molar-refractivity contribution in [1.29, 1.82) is 0 Å². The van der Waals surface area contributed by atoms with E-state index in [1.165, 1.54) is 0 Å². The summed E-state index contributed by atoms with van der Waals surface area (Å²) in [4.78, 5) is 18.0. The SMILES string of the molecule is CC(C)(C)C1CC(=O)N(Cc2cccnc2N)C1. The number of rotatable bonds is 2. The zero-order valence-electron chi connectivity index (χ0n) is 11.3. The van der Waals surface area contributed by atoms with Gasteiger partial charge in [-0.1, -0.05) is 26.8 Å². The molecule has 4 heteroatoms. The summed E-state index contributed by atoms with van der Waals surface area (Å²) in [6.45, 7) is 7.95. The molecule has 0 saturated carbocycles. The maximum absolute atomic E-state index is 12.0. The van der Waals surface area contributed by atoms with Crippen LogP contribution in [0.15, 0.2) is 18.3 Å². The lowest BCUT2D eigenvalue weighted by Gasteiger charge is -2.26.